The molecule has 0 aromatic heterocycles. The molecule has 1 saturated carbocycles. The molecule has 0 saturated heterocycles. The Labute approximate surface area is 125 Å². The molecule has 2 rings (SSSR count). The van der Waals surface area contributed by atoms with Crippen LogP contribution in [0.25, 0.3) is 0 Å². The summed E-state index contributed by atoms with van der Waals surface area (Å²) in [5, 5.41) is 0. The largest absolute Gasteiger partial charge is 0.383 e. The molecule has 1 aromatic carbocycles. The zero-order valence-corrected chi connectivity index (χ0v) is 12.4. The van der Waals surface area contributed by atoms with Crippen molar-refractivity contribution < 1.29 is 13.9 Å². The van der Waals surface area contributed by atoms with Gasteiger partial charge in [-0.1, -0.05) is 25.0 Å². The minimum Gasteiger partial charge on any atom is -0.383 e. The van der Waals surface area contributed by atoms with Crippen molar-refractivity contribution in [3.05, 3.63) is 35.6 Å². The van der Waals surface area contributed by atoms with Gasteiger partial charge in [0.15, 0.2) is 0 Å². The van der Waals surface area contributed by atoms with Crippen LogP contribution >= 0.6 is 0 Å². The molecule has 1 aromatic rings. The van der Waals surface area contributed by atoms with Gasteiger partial charge in [0.25, 0.3) is 0 Å². The van der Waals surface area contributed by atoms with Crippen molar-refractivity contribution in [2.75, 3.05) is 13.7 Å². The molecule has 116 valence electrons. The van der Waals surface area contributed by atoms with E-state index in [9.17, 15) is 9.18 Å². The van der Waals surface area contributed by atoms with Crippen molar-refractivity contribution in [3.8, 4) is 0 Å². The number of rotatable bonds is 6. The van der Waals surface area contributed by atoms with Gasteiger partial charge >= 0.3 is 0 Å². The first-order valence-corrected chi connectivity index (χ1v) is 7.41. The molecular weight excluding hydrogens is 271 g/mol. The Morgan fingerprint density at radius 1 is 1.48 bits per heavy atom. The second kappa shape index (κ2) is 7.52. The normalized spacial score (nSPS) is 16.9. The number of nitrogens with two attached hydrogens (primary N) is 1. The number of halogens is 1. The van der Waals surface area contributed by atoms with E-state index < -0.39 is 6.04 Å². The van der Waals surface area contributed by atoms with Crippen LogP contribution < -0.4 is 5.73 Å². The molecule has 4 nitrogen and oxygen atoms in total. The molecule has 5 heteroatoms. The lowest BCUT2D eigenvalue weighted by atomic mass is 10.1. The van der Waals surface area contributed by atoms with Gasteiger partial charge in [0.1, 0.15) is 11.9 Å². The van der Waals surface area contributed by atoms with Gasteiger partial charge in [-0.3, -0.25) is 4.79 Å². The molecule has 2 N–H and O–H groups in total. The van der Waals surface area contributed by atoms with Gasteiger partial charge in [-0.2, -0.15) is 0 Å². The third-order valence-electron chi connectivity index (χ3n) is 3.95. The summed E-state index contributed by atoms with van der Waals surface area (Å²) in [6.07, 6.45) is 4.22. The molecule has 1 unspecified atom stereocenters. The SMILES string of the molecule is COCC(N)C(=O)N(Cc1cccc(F)c1)C1CCCC1. The molecule has 1 amide bonds. The number of carbonyl (C=O) groups excluding carboxylic acids is 1. The lowest BCUT2D eigenvalue weighted by Crippen LogP contribution is -2.49. The van der Waals surface area contributed by atoms with Gasteiger partial charge in [0.05, 0.1) is 6.61 Å². The van der Waals surface area contributed by atoms with E-state index >= 15 is 0 Å². The Kier molecular flexibility index (Phi) is 5.70. The van der Waals surface area contributed by atoms with Crippen LogP contribution in [-0.2, 0) is 16.1 Å². The van der Waals surface area contributed by atoms with Crippen LogP contribution in [0.4, 0.5) is 4.39 Å². The smallest absolute Gasteiger partial charge is 0.242 e. The molecule has 0 radical (unpaired) electrons. The van der Waals surface area contributed by atoms with E-state index in [0.29, 0.717) is 6.54 Å². The van der Waals surface area contributed by atoms with Gasteiger partial charge in [0, 0.05) is 19.7 Å². The third kappa shape index (κ3) is 4.25. The standard InChI is InChI=1S/C16H23FN2O2/c1-21-11-15(18)16(20)19(14-7-2-3-8-14)10-12-5-4-6-13(17)9-12/h4-6,9,14-15H,2-3,7-8,10-11,18H2,1H3. The summed E-state index contributed by atoms with van der Waals surface area (Å²) in [5.74, 6) is -0.402. The lowest BCUT2D eigenvalue weighted by molar-refractivity contribution is -0.136. The Hall–Kier alpha value is -1.46. The van der Waals surface area contributed by atoms with E-state index in [-0.39, 0.29) is 24.4 Å². The summed E-state index contributed by atoms with van der Waals surface area (Å²) in [5.41, 5.74) is 6.68. The maximum atomic E-state index is 13.3. The number of hydrogen-bond donors (Lipinski definition) is 1. The minimum atomic E-state index is -0.663. The number of carbonyl (C=O) groups is 1. The summed E-state index contributed by atoms with van der Waals surface area (Å²) in [6.45, 7) is 0.601. The quantitative estimate of drug-likeness (QED) is 0.874. The predicted molar refractivity (Wildman–Crippen MR) is 79.1 cm³/mol. The van der Waals surface area contributed by atoms with Crippen molar-refractivity contribution in [2.24, 2.45) is 5.73 Å². The van der Waals surface area contributed by atoms with Gasteiger partial charge < -0.3 is 15.4 Å². The van der Waals surface area contributed by atoms with E-state index in [0.717, 1.165) is 31.2 Å². The molecular formula is C16H23FN2O2. The third-order valence-corrected chi connectivity index (χ3v) is 3.95. The number of hydrogen-bond acceptors (Lipinski definition) is 3. The molecule has 1 aliphatic rings. The molecule has 0 heterocycles. The van der Waals surface area contributed by atoms with Crippen LogP contribution in [0.15, 0.2) is 24.3 Å². The fourth-order valence-electron chi connectivity index (χ4n) is 2.90. The van der Waals surface area contributed by atoms with E-state index in [1.54, 1.807) is 11.0 Å². The fraction of sp³-hybridized carbons (Fsp3) is 0.562. The van der Waals surface area contributed by atoms with E-state index in [1.165, 1.54) is 19.2 Å². The highest BCUT2D eigenvalue weighted by Crippen LogP contribution is 2.25. The van der Waals surface area contributed by atoms with Gasteiger partial charge in [-0.05, 0) is 30.5 Å². The summed E-state index contributed by atoms with van der Waals surface area (Å²) < 4.78 is 18.3. The van der Waals surface area contributed by atoms with Crippen molar-refractivity contribution >= 4 is 5.91 Å². The second-order valence-corrected chi connectivity index (χ2v) is 5.60. The molecule has 0 bridgehead atoms. The van der Waals surface area contributed by atoms with Crippen LogP contribution in [0.2, 0.25) is 0 Å². The number of ether oxygens (including phenoxy) is 1. The van der Waals surface area contributed by atoms with Gasteiger partial charge in [0.2, 0.25) is 5.91 Å². The zero-order chi connectivity index (χ0) is 15.2. The Balaban J connectivity index is 2.13. The van der Waals surface area contributed by atoms with Crippen molar-refractivity contribution in [2.45, 2.75) is 44.3 Å². The van der Waals surface area contributed by atoms with Crippen LogP contribution in [-0.4, -0.2) is 36.6 Å². The topological polar surface area (TPSA) is 55.6 Å². The van der Waals surface area contributed by atoms with Crippen molar-refractivity contribution in [3.63, 3.8) is 0 Å². The van der Waals surface area contributed by atoms with E-state index in [4.69, 9.17) is 10.5 Å². The summed E-state index contributed by atoms with van der Waals surface area (Å²) in [7, 11) is 1.53. The van der Waals surface area contributed by atoms with Crippen molar-refractivity contribution in [1.29, 1.82) is 0 Å². The summed E-state index contributed by atoms with van der Waals surface area (Å²) in [6, 6.07) is 5.91. The molecule has 1 atom stereocenters. The van der Waals surface area contributed by atoms with Crippen LogP contribution in [0, 0.1) is 5.82 Å². The first-order valence-electron chi connectivity index (χ1n) is 7.41. The minimum absolute atomic E-state index is 0.118. The highest BCUT2D eigenvalue weighted by molar-refractivity contribution is 5.82. The van der Waals surface area contributed by atoms with Crippen molar-refractivity contribution in [1.82, 2.24) is 4.90 Å². The average molecular weight is 294 g/mol. The molecule has 0 spiro atoms. The number of methoxy groups -OCH3 is 1. The van der Waals surface area contributed by atoms with Gasteiger partial charge in [-0.15, -0.1) is 0 Å². The maximum absolute atomic E-state index is 13.3. The Morgan fingerprint density at radius 3 is 2.81 bits per heavy atom. The molecule has 1 fully saturated rings. The Bertz CT molecular complexity index is 475. The summed E-state index contributed by atoms with van der Waals surface area (Å²) in [4.78, 5) is 14.3. The maximum Gasteiger partial charge on any atom is 0.242 e. The fourth-order valence-corrected chi connectivity index (χ4v) is 2.90. The first kappa shape index (κ1) is 15.9. The molecule has 21 heavy (non-hydrogen) atoms. The van der Waals surface area contributed by atoms with Crippen LogP contribution in [0.1, 0.15) is 31.2 Å². The molecule has 1 aliphatic carbocycles. The highest BCUT2D eigenvalue weighted by atomic mass is 19.1. The number of amides is 1. The molecule has 0 aliphatic heterocycles. The lowest BCUT2D eigenvalue weighted by Gasteiger charge is -2.31. The first-order chi connectivity index (χ1) is 10.1. The average Bonchev–Trinajstić information content (AvgIpc) is 2.98. The van der Waals surface area contributed by atoms with Crippen LogP contribution in [0.5, 0.6) is 0 Å². The zero-order valence-electron chi connectivity index (χ0n) is 12.4. The van der Waals surface area contributed by atoms with E-state index in [1.807, 2.05) is 6.07 Å². The van der Waals surface area contributed by atoms with Crippen LogP contribution in [0.3, 0.4) is 0 Å². The number of nitrogens with zero attached hydrogens (tertiary/aromatic N) is 1. The Morgan fingerprint density at radius 2 is 2.19 bits per heavy atom. The summed E-state index contributed by atoms with van der Waals surface area (Å²) >= 11 is 0. The number of benzene rings is 1. The highest BCUT2D eigenvalue weighted by Gasteiger charge is 2.29. The monoisotopic (exact) mass is 294 g/mol. The van der Waals surface area contributed by atoms with E-state index in [2.05, 4.69) is 0 Å². The predicted octanol–water partition coefficient (Wildman–Crippen LogP) is 2.07. The van der Waals surface area contributed by atoms with Gasteiger partial charge in [-0.25, -0.2) is 4.39 Å². The second-order valence-electron chi connectivity index (χ2n) is 5.60.